The number of carbonyl (C=O) groups excluding carboxylic acids is 1. The predicted octanol–water partition coefficient (Wildman–Crippen LogP) is 4.50. The molecule has 0 radical (unpaired) electrons. The van der Waals surface area contributed by atoms with E-state index in [1.54, 1.807) is 17.0 Å². The quantitative estimate of drug-likeness (QED) is 0.424. The molecule has 2 bridgehead atoms. The van der Waals surface area contributed by atoms with Gasteiger partial charge in [-0.25, -0.2) is 8.78 Å². The van der Waals surface area contributed by atoms with Crippen molar-refractivity contribution in [3.05, 3.63) is 46.9 Å². The Morgan fingerprint density at radius 2 is 2.02 bits per heavy atom. The summed E-state index contributed by atoms with van der Waals surface area (Å²) in [4.78, 5) is 29.8. The zero-order chi connectivity index (χ0) is 30.3. The molecule has 0 unspecified atom stereocenters. The second kappa shape index (κ2) is 10.2. The Morgan fingerprint density at radius 3 is 2.86 bits per heavy atom. The molecule has 9 nitrogen and oxygen atoms in total. The number of halogens is 2. The van der Waals surface area contributed by atoms with Crippen LogP contribution in [0.5, 0.6) is 11.8 Å². The standard InChI is InChI=1S/C33H37F2N5O4/c1-2-24-25(35)5-4-19-10-23(42)12-27(28(19)24)40-16-26-29(31(40)43)30(39-14-18-8-21(39)11-22(41)9-18)37-32(36-26)44-17-33-6-3-7-38(33)15-20(34)13-33/h4-5,10,12,18,20-22,41-42H,2-3,6-9,11,13-17H2,1H3/t18-,20+,21+,22+,33-/m0/s1. The first-order chi connectivity index (χ1) is 21.2. The first-order valence-electron chi connectivity index (χ1n) is 15.9. The first-order valence-corrected chi connectivity index (χ1v) is 15.9. The average Bonchev–Trinajstić information content (AvgIpc) is 3.70. The molecule has 2 aromatic carbocycles. The van der Waals surface area contributed by atoms with Crippen molar-refractivity contribution in [1.29, 1.82) is 0 Å². The lowest BCUT2D eigenvalue weighted by Gasteiger charge is -2.31. The van der Waals surface area contributed by atoms with E-state index in [1.165, 1.54) is 12.1 Å². The van der Waals surface area contributed by atoms with Gasteiger partial charge in [-0.2, -0.15) is 9.97 Å². The molecule has 5 aliphatic rings. The molecule has 1 amide bonds. The van der Waals surface area contributed by atoms with Crippen molar-refractivity contribution in [2.24, 2.45) is 5.92 Å². The van der Waals surface area contributed by atoms with Crippen LogP contribution in [0.1, 0.15) is 67.1 Å². The third-order valence-electron chi connectivity index (χ3n) is 10.6. The molecule has 4 fully saturated rings. The van der Waals surface area contributed by atoms with Crippen LogP contribution in [-0.2, 0) is 13.0 Å². The van der Waals surface area contributed by atoms with Crippen molar-refractivity contribution in [3.8, 4) is 11.8 Å². The topological polar surface area (TPSA) is 102 Å². The highest BCUT2D eigenvalue weighted by molar-refractivity contribution is 6.16. The maximum absolute atomic E-state index is 15.0. The summed E-state index contributed by atoms with van der Waals surface area (Å²) in [6, 6.07) is 6.28. The summed E-state index contributed by atoms with van der Waals surface area (Å²) < 4.78 is 35.7. The largest absolute Gasteiger partial charge is 0.508 e. The number of phenolic OH excluding ortho intramolecular Hbond substituents is 1. The molecule has 5 heterocycles. The Bertz CT molecular complexity index is 1670. The summed E-state index contributed by atoms with van der Waals surface area (Å²) >= 11 is 0. The van der Waals surface area contributed by atoms with E-state index < -0.39 is 12.3 Å². The highest BCUT2D eigenvalue weighted by Crippen LogP contribution is 2.45. The predicted molar refractivity (Wildman–Crippen MR) is 161 cm³/mol. The minimum atomic E-state index is -0.883. The second-order valence-electron chi connectivity index (χ2n) is 13.4. The van der Waals surface area contributed by atoms with Gasteiger partial charge in [0.25, 0.3) is 5.91 Å². The van der Waals surface area contributed by atoms with Crippen LogP contribution < -0.4 is 14.5 Å². The highest BCUT2D eigenvalue weighted by Gasteiger charge is 2.50. The molecule has 1 aromatic heterocycles. The molecule has 1 aliphatic carbocycles. The molecule has 4 aliphatic heterocycles. The SMILES string of the molecule is CCc1c(F)ccc2cc(O)cc(N3Cc4nc(OC[C@@]56CCCN5C[C@H](F)C6)nc(N5C[C@@H]6C[C@@H](O)C[C@H]5C6)c4C3=O)c12. The molecule has 8 rings (SSSR count). The van der Waals surface area contributed by atoms with Gasteiger partial charge < -0.3 is 24.7 Å². The van der Waals surface area contributed by atoms with Gasteiger partial charge in [-0.05, 0) is 74.1 Å². The number of carbonyl (C=O) groups is 1. The third kappa shape index (κ3) is 4.34. The number of hydrogen-bond donors (Lipinski definition) is 2. The number of anilines is 2. The third-order valence-corrected chi connectivity index (χ3v) is 10.6. The van der Waals surface area contributed by atoms with Crippen LogP contribution in [0.25, 0.3) is 10.8 Å². The van der Waals surface area contributed by atoms with Gasteiger partial charge in [0.05, 0.1) is 29.6 Å². The molecule has 11 heteroatoms. The Labute approximate surface area is 254 Å². The molecule has 3 saturated heterocycles. The van der Waals surface area contributed by atoms with Gasteiger partial charge in [0.1, 0.15) is 35.7 Å². The van der Waals surface area contributed by atoms with Crippen LogP contribution in [0.15, 0.2) is 24.3 Å². The number of aromatic hydroxyl groups is 1. The zero-order valence-electron chi connectivity index (χ0n) is 24.8. The summed E-state index contributed by atoms with van der Waals surface area (Å²) in [7, 11) is 0. The van der Waals surface area contributed by atoms with Crippen molar-refractivity contribution in [2.45, 2.75) is 82.3 Å². The zero-order valence-corrected chi connectivity index (χ0v) is 24.8. The van der Waals surface area contributed by atoms with Gasteiger partial charge in [0.2, 0.25) is 0 Å². The Balaban J connectivity index is 1.21. The summed E-state index contributed by atoms with van der Waals surface area (Å²) in [5, 5.41) is 22.4. The number of nitrogens with zero attached hydrogens (tertiary/aromatic N) is 5. The van der Waals surface area contributed by atoms with Gasteiger partial charge in [-0.1, -0.05) is 13.0 Å². The van der Waals surface area contributed by atoms with E-state index in [9.17, 15) is 23.8 Å². The van der Waals surface area contributed by atoms with Gasteiger partial charge in [0, 0.05) is 37.0 Å². The number of amides is 1. The summed E-state index contributed by atoms with van der Waals surface area (Å²) in [5.74, 6) is 0.0744. The summed E-state index contributed by atoms with van der Waals surface area (Å²) in [5.41, 5.74) is 1.39. The van der Waals surface area contributed by atoms with Crippen molar-refractivity contribution in [3.63, 3.8) is 0 Å². The average molecular weight is 606 g/mol. The van der Waals surface area contributed by atoms with E-state index in [0.29, 0.717) is 83.8 Å². The molecule has 1 saturated carbocycles. The molecule has 232 valence electrons. The van der Waals surface area contributed by atoms with E-state index in [1.807, 2.05) is 6.92 Å². The van der Waals surface area contributed by atoms with Gasteiger partial charge in [-0.15, -0.1) is 0 Å². The van der Waals surface area contributed by atoms with E-state index in [0.717, 1.165) is 25.8 Å². The minimum Gasteiger partial charge on any atom is -0.508 e. The lowest BCUT2D eigenvalue weighted by atomic mass is 9.88. The molecule has 5 atom stereocenters. The van der Waals surface area contributed by atoms with Crippen LogP contribution >= 0.6 is 0 Å². The summed E-state index contributed by atoms with van der Waals surface area (Å²) in [6.07, 6.45) is 3.62. The van der Waals surface area contributed by atoms with Crippen molar-refractivity contribution in [1.82, 2.24) is 14.9 Å². The normalized spacial score (nSPS) is 29.6. The van der Waals surface area contributed by atoms with Crippen LogP contribution in [0.2, 0.25) is 0 Å². The molecule has 2 N–H and O–H groups in total. The number of rotatable bonds is 6. The Hall–Kier alpha value is -3.57. The molecular weight excluding hydrogens is 568 g/mol. The summed E-state index contributed by atoms with van der Waals surface area (Å²) in [6.45, 7) is 4.17. The van der Waals surface area contributed by atoms with E-state index >= 15 is 0 Å². The monoisotopic (exact) mass is 605 g/mol. The first kappa shape index (κ1) is 27.9. The minimum absolute atomic E-state index is 0.0225. The van der Waals surface area contributed by atoms with Crippen LogP contribution in [-0.4, -0.2) is 81.1 Å². The van der Waals surface area contributed by atoms with Gasteiger partial charge >= 0.3 is 6.01 Å². The van der Waals surface area contributed by atoms with Gasteiger partial charge in [0.15, 0.2) is 0 Å². The fraction of sp³-hybridized carbons (Fsp3) is 0.545. The molecular formula is C33H37F2N5O4. The maximum Gasteiger partial charge on any atom is 0.318 e. The van der Waals surface area contributed by atoms with Gasteiger partial charge in [-0.3, -0.25) is 9.69 Å². The van der Waals surface area contributed by atoms with E-state index in [-0.39, 0.29) is 48.2 Å². The van der Waals surface area contributed by atoms with E-state index in [2.05, 4.69) is 9.80 Å². The number of hydrogen-bond acceptors (Lipinski definition) is 8. The highest BCUT2D eigenvalue weighted by atomic mass is 19.1. The Morgan fingerprint density at radius 1 is 1.16 bits per heavy atom. The number of aliphatic hydroxyl groups excluding tert-OH is 1. The smallest absolute Gasteiger partial charge is 0.318 e. The maximum atomic E-state index is 15.0. The number of ether oxygens (including phenoxy) is 1. The number of alkyl halides is 1. The molecule has 44 heavy (non-hydrogen) atoms. The van der Waals surface area contributed by atoms with E-state index in [4.69, 9.17) is 14.7 Å². The molecule has 0 spiro atoms. The number of aryl methyl sites for hydroxylation is 1. The van der Waals surface area contributed by atoms with Crippen LogP contribution in [0.3, 0.4) is 0 Å². The fourth-order valence-corrected chi connectivity index (χ4v) is 8.77. The van der Waals surface area contributed by atoms with Crippen molar-refractivity contribution >= 4 is 28.2 Å². The van der Waals surface area contributed by atoms with Crippen LogP contribution in [0.4, 0.5) is 20.3 Å². The number of benzene rings is 2. The van der Waals surface area contributed by atoms with Crippen molar-refractivity contribution < 1.29 is 28.5 Å². The fourth-order valence-electron chi connectivity index (χ4n) is 8.77. The second-order valence-corrected chi connectivity index (χ2v) is 13.4. The number of aromatic nitrogens is 2. The Kier molecular flexibility index (Phi) is 6.50. The van der Waals surface area contributed by atoms with Crippen molar-refractivity contribution in [2.75, 3.05) is 36.0 Å². The number of fused-ring (bicyclic) bond motifs is 5. The number of phenols is 1. The molecule has 3 aromatic rings. The van der Waals surface area contributed by atoms with Crippen LogP contribution in [0, 0.1) is 11.7 Å². The number of aliphatic hydroxyl groups is 1. The lowest BCUT2D eigenvalue weighted by molar-refractivity contribution is 0.0996. The lowest BCUT2D eigenvalue weighted by Crippen LogP contribution is -2.43.